The largest absolute Gasteiger partial charge is 0.314 e. The Morgan fingerprint density at radius 1 is 1.30 bits per heavy atom. The summed E-state index contributed by atoms with van der Waals surface area (Å²) in [5.74, 6) is 0.620. The van der Waals surface area contributed by atoms with E-state index in [0.717, 1.165) is 19.4 Å². The van der Waals surface area contributed by atoms with E-state index < -0.39 is 10.0 Å². The van der Waals surface area contributed by atoms with E-state index in [4.69, 9.17) is 0 Å². The highest BCUT2D eigenvalue weighted by Crippen LogP contribution is 2.29. The molecule has 0 radical (unpaired) electrons. The van der Waals surface area contributed by atoms with Gasteiger partial charge in [-0.25, -0.2) is 8.42 Å². The van der Waals surface area contributed by atoms with E-state index in [-0.39, 0.29) is 0 Å². The number of piperidine rings is 1. The molecule has 7 heteroatoms. The van der Waals surface area contributed by atoms with E-state index in [1.54, 1.807) is 11.2 Å². The number of nitrogens with zero attached hydrogens (tertiary/aromatic N) is 2. The van der Waals surface area contributed by atoms with Crippen LogP contribution >= 0.6 is 0 Å². The van der Waals surface area contributed by atoms with Gasteiger partial charge in [0, 0.05) is 19.1 Å². The summed E-state index contributed by atoms with van der Waals surface area (Å²) in [5.41, 5.74) is 0.615. The molecule has 20 heavy (non-hydrogen) atoms. The molecule has 0 aliphatic carbocycles. The van der Waals surface area contributed by atoms with Crippen LogP contribution < -0.4 is 5.32 Å². The van der Waals surface area contributed by atoms with Gasteiger partial charge in [-0.15, -0.1) is 0 Å². The van der Waals surface area contributed by atoms with E-state index in [1.165, 1.54) is 19.0 Å². The maximum absolute atomic E-state index is 12.5. The number of H-pyrrole nitrogens is 1. The summed E-state index contributed by atoms with van der Waals surface area (Å²) in [6.07, 6.45) is 5.80. The summed E-state index contributed by atoms with van der Waals surface area (Å²) in [5, 5.41) is 10.1. The van der Waals surface area contributed by atoms with Gasteiger partial charge in [0.15, 0.2) is 0 Å². The van der Waals surface area contributed by atoms with Crippen LogP contribution in [0.15, 0.2) is 11.1 Å². The van der Waals surface area contributed by atoms with Gasteiger partial charge >= 0.3 is 0 Å². The number of rotatable bonds is 3. The highest BCUT2D eigenvalue weighted by Gasteiger charge is 2.34. The number of aromatic amines is 1. The predicted octanol–water partition coefficient (Wildman–Crippen LogP) is 0.871. The van der Waals surface area contributed by atoms with Crippen LogP contribution in [0, 0.1) is 12.8 Å². The minimum atomic E-state index is -3.38. The van der Waals surface area contributed by atoms with Crippen molar-refractivity contribution in [1.29, 1.82) is 0 Å². The average Bonchev–Trinajstić information content (AvgIpc) is 3.10. The second kappa shape index (κ2) is 5.46. The molecular weight excluding hydrogens is 276 g/mol. The number of aromatic nitrogens is 2. The maximum atomic E-state index is 12.5. The Bertz CT molecular complexity index is 555. The third-order valence-corrected chi connectivity index (χ3v) is 6.58. The second-order valence-corrected chi connectivity index (χ2v) is 7.71. The minimum Gasteiger partial charge on any atom is -0.314 e. The Balaban J connectivity index is 1.67. The Hall–Kier alpha value is -0.920. The fourth-order valence-corrected chi connectivity index (χ4v) is 4.96. The molecule has 0 spiro atoms. The first-order valence-corrected chi connectivity index (χ1v) is 8.76. The number of sulfonamides is 1. The molecule has 0 bridgehead atoms. The molecule has 1 atom stereocenters. The molecule has 2 saturated heterocycles. The highest BCUT2D eigenvalue weighted by atomic mass is 32.2. The van der Waals surface area contributed by atoms with E-state index in [9.17, 15) is 8.42 Å². The molecule has 2 aliphatic heterocycles. The van der Waals surface area contributed by atoms with Crippen molar-refractivity contribution in [2.24, 2.45) is 5.92 Å². The van der Waals surface area contributed by atoms with Crippen LogP contribution in [-0.4, -0.2) is 48.6 Å². The van der Waals surface area contributed by atoms with E-state index in [0.29, 0.717) is 35.6 Å². The van der Waals surface area contributed by atoms with Crippen molar-refractivity contribution in [3.8, 4) is 0 Å². The molecule has 0 amide bonds. The topological polar surface area (TPSA) is 78.1 Å². The Morgan fingerprint density at radius 3 is 2.60 bits per heavy atom. The first-order chi connectivity index (χ1) is 9.59. The number of nitrogens with one attached hydrogen (secondary N) is 2. The fourth-order valence-electron chi connectivity index (χ4n) is 3.37. The standard InChI is InChI=1S/C13H22N4O2S/c1-10-13(9-15-16-10)20(18,19)17-7-4-11(5-8-17)12-3-2-6-14-12/h9,11-12,14H,2-8H2,1H3,(H,15,16). The normalized spacial score (nSPS) is 26.1. The van der Waals surface area contributed by atoms with Crippen molar-refractivity contribution in [3.05, 3.63) is 11.9 Å². The van der Waals surface area contributed by atoms with Crippen molar-refractivity contribution < 1.29 is 8.42 Å². The Morgan fingerprint density at radius 2 is 2.05 bits per heavy atom. The van der Waals surface area contributed by atoms with Crippen LogP contribution in [0.2, 0.25) is 0 Å². The molecular formula is C13H22N4O2S. The molecule has 1 aromatic rings. The lowest BCUT2D eigenvalue weighted by molar-refractivity contribution is 0.234. The average molecular weight is 298 g/mol. The summed E-state index contributed by atoms with van der Waals surface area (Å²) in [6.45, 7) is 4.10. The zero-order valence-corrected chi connectivity index (χ0v) is 12.6. The summed E-state index contributed by atoms with van der Waals surface area (Å²) in [6, 6.07) is 0.593. The lowest BCUT2D eigenvalue weighted by atomic mass is 9.89. The third-order valence-electron chi connectivity index (χ3n) is 4.57. The van der Waals surface area contributed by atoms with Gasteiger partial charge < -0.3 is 5.32 Å². The van der Waals surface area contributed by atoms with Crippen molar-refractivity contribution in [2.75, 3.05) is 19.6 Å². The number of aryl methyl sites for hydroxylation is 1. The van der Waals surface area contributed by atoms with Gasteiger partial charge in [-0.3, -0.25) is 5.10 Å². The molecule has 2 fully saturated rings. The van der Waals surface area contributed by atoms with Crippen molar-refractivity contribution in [2.45, 2.75) is 43.5 Å². The second-order valence-electron chi connectivity index (χ2n) is 5.80. The molecule has 0 aromatic carbocycles. The highest BCUT2D eigenvalue weighted by molar-refractivity contribution is 7.89. The summed E-state index contributed by atoms with van der Waals surface area (Å²) in [7, 11) is -3.38. The number of hydrogen-bond acceptors (Lipinski definition) is 4. The molecule has 2 aliphatic rings. The van der Waals surface area contributed by atoms with E-state index >= 15 is 0 Å². The predicted molar refractivity (Wildman–Crippen MR) is 75.8 cm³/mol. The molecule has 6 nitrogen and oxygen atoms in total. The van der Waals surface area contributed by atoms with Crippen LogP contribution in [0.4, 0.5) is 0 Å². The van der Waals surface area contributed by atoms with Gasteiger partial charge in [0.25, 0.3) is 0 Å². The Labute approximate surface area is 120 Å². The zero-order valence-electron chi connectivity index (χ0n) is 11.8. The third kappa shape index (κ3) is 2.49. The lowest BCUT2D eigenvalue weighted by Crippen LogP contribution is -2.43. The fraction of sp³-hybridized carbons (Fsp3) is 0.769. The van der Waals surface area contributed by atoms with E-state index in [2.05, 4.69) is 15.5 Å². The lowest BCUT2D eigenvalue weighted by Gasteiger charge is -2.34. The number of hydrogen-bond donors (Lipinski definition) is 2. The van der Waals surface area contributed by atoms with Crippen molar-refractivity contribution in [1.82, 2.24) is 19.8 Å². The summed E-state index contributed by atoms with van der Waals surface area (Å²) in [4.78, 5) is 0.315. The maximum Gasteiger partial charge on any atom is 0.246 e. The van der Waals surface area contributed by atoms with Gasteiger partial charge in [-0.2, -0.15) is 9.40 Å². The first-order valence-electron chi connectivity index (χ1n) is 7.32. The molecule has 3 rings (SSSR count). The van der Waals surface area contributed by atoms with Gasteiger partial charge in [0.05, 0.1) is 11.9 Å². The smallest absolute Gasteiger partial charge is 0.246 e. The summed E-state index contributed by atoms with van der Waals surface area (Å²) < 4.78 is 26.7. The van der Waals surface area contributed by atoms with Gasteiger partial charge in [0.1, 0.15) is 4.90 Å². The van der Waals surface area contributed by atoms with Crippen LogP contribution in [0.3, 0.4) is 0 Å². The van der Waals surface area contributed by atoms with Crippen LogP contribution in [-0.2, 0) is 10.0 Å². The summed E-state index contributed by atoms with van der Waals surface area (Å²) >= 11 is 0. The SMILES string of the molecule is Cc1[nH]ncc1S(=O)(=O)N1CCC(C2CCCN2)CC1. The quantitative estimate of drug-likeness (QED) is 0.868. The molecule has 0 saturated carbocycles. The van der Waals surface area contributed by atoms with Gasteiger partial charge in [-0.1, -0.05) is 0 Å². The minimum absolute atomic E-state index is 0.315. The Kier molecular flexibility index (Phi) is 3.83. The van der Waals surface area contributed by atoms with Crippen LogP contribution in [0.1, 0.15) is 31.4 Å². The van der Waals surface area contributed by atoms with Crippen LogP contribution in [0.5, 0.6) is 0 Å². The van der Waals surface area contributed by atoms with Gasteiger partial charge in [-0.05, 0) is 45.1 Å². The van der Waals surface area contributed by atoms with Gasteiger partial charge in [0.2, 0.25) is 10.0 Å². The van der Waals surface area contributed by atoms with Crippen molar-refractivity contribution >= 4 is 10.0 Å². The molecule has 2 N–H and O–H groups in total. The molecule has 112 valence electrons. The van der Waals surface area contributed by atoms with E-state index in [1.807, 2.05) is 0 Å². The van der Waals surface area contributed by atoms with Crippen molar-refractivity contribution in [3.63, 3.8) is 0 Å². The molecule has 1 unspecified atom stereocenters. The zero-order chi connectivity index (χ0) is 14.2. The first kappa shape index (κ1) is 14.0. The molecule has 1 aromatic heterocycles. The molecule has 3 heterocycles. The van der Waals surface area contributed by atoms with Crippen LogP contribution in [0.25, 0.3) is 0 Å². The monoisotopic (exact) mass is 298 g/mol.